The van der Waals surface area contributed by atoms with Crippen LogP contribution >= 0.6 is 11.3 Å². The zero-order chi connectivity index (χ0) is 42.6. The van der Waals surface area contributed by atoms with E-state index in [1.54, 1.807) is 11.3 Å². The number of hydrogen-bond acceptors (Lipinski definition) is 12. The largest absolute Gasteiger partial charge is 0.476 e. The maximum Gasteiger partial charge on any atom is 0.355 e. The summed E-state index contributed by atoms with van der Waals surface area (Å²) in [6.45, 7) is 13.8. The molecule has 10 rings (SSSR count). The van der Waals surface area contributed by atoms with Crippen LogP contribution in [0.2, 0.25) is 0 Å². The van der Waals surface area contributed by atoms with Crippen molar-refractivity contribution in [2.45, 2.75) is 110 Å². The Kier molecular flexibility index (Phi) is 11.3. The van der Waals surface area contributed by atoms with Crippen molar-refractivity contribution in [3.8, 4) is 11.1 Å². The van der Waals surface area contributed by atoms with Crippen LogP contribution < -0.4 is 4.90 Å². The maximum absolute atomic E-state index is 13.0. The number of aromatic nitrogens is 6. The highest BCUT2D eigenvalue weighted by Gasteiger charge is 2.66. The molecule has 14 heteroatoms. The minimum atomic E-state index is -1.08. The van der Waals surface area contributed by atoms with Crippen LogP contribution in [-0.2, 0) is 24.1 Å². The molecule has 3 N–H and O–H groups in total. The zero-order valence-electron chi connectivity index (χ0n) is 36.1. The number of pyridine rings is 1. The van der Waals surface area contributed by atoms with Crippen LogP contribution in [0.15, 0.2) is 42.6 Å². The molecule has 4 fully saturated rings. The van der Waals surface area contributed by atoms with Crippen molar-refractivity contribution in [1.82, 2.24) is 34.8 Å². The fraction of sp³-hybridized carbons (Fsp3) is 0.574. The summed E-state index contributed by atoms with van der Waals surface area (Å²) in [6, 6.07) is 12.0. The molecule has 13 nitrogen and oxygen atoms in total. The highest BCUT2D eigenvalue weighted by Crippen LogP contribution is 2.72. The highest BCUT2D eigenvalue weighted by atomic mass is 32.1. The molecule has 5 heterocycles. The summed E-state index contributed by atoms with van der Waals surface area (Å²) < 4.78 is 10.3. The Morgan fingerprint density at radius 1 is 0.902 bits per heavy atom. The second kappa shape index (κ2) is 16.4. The smallest absolute Gasteiger partial charge is 0.355 e. The molecular weight excluding hydrogens is 789 g/mol. The number of anilines is 2. The molecule has 5 aromatic rings. The number of hydrogen-bond donors (Lipinski definition) is 3. The van der Waals surface area contributed by atoms with Gasteiger partial charge in [-0.2, -0.15) is 10.2 Å². The molecule has 1 aromatic carbocycles. The van der Waals surface area contributed by atoms with Gasteiger partial charge in [-0.25, -0.2) is 14.8 Å². The van der Waals surface area contributed by atoms with Gasteiger partial charge >= 0.3 is 5.97 Å². The third-order valence-corrected chi connectivity index (χ3v) is 15.1. The number of thiazole rings is 1. The number of aliphatic hydroxyl groups is 2. The standard InChI is InChI=1S/C47H60N8O5S/c1-31-33-10-7-17-54(42(33)52-51-37(31)22-40-49-36-11-5-6-12-38(36)61-40)39-14-13-34(41(50-39)43(58)59)35-23-48-55(32(35)2)30-46-25-44(3)24-45(4,26-46)28-47(27-44,29-46)60-21-18-53(15-8-19-56)16-9-20-57/h5-6,11-14,23,56-57H,7-10,15-22,24-30H2,1-4H3,(H,58,59). The number of fused-ring (bicyclic) bond motifs is 2. The number of carboxylic acids is 1. The van der Waals surface area contributed by atoms with Gasteiger partial charge in [-0.3, -0.25) is 4.68 Å². The molecular formula is C47H60N8O5S. The first-order valence-corrected chi connectivity index (χ1v) is 23.0. The van der Waals surface area contributed by atoms with Crippen molar-refractivity contribution in [3.63, 3.8) is 0 Å². The van der Waals surface area contributed by atoms with Crippen LogP contribution in [-0.4, -0.2) is 108 Å². The average Bonchev–Trinajstić information content (AvgIpc) is 3.79. The lowest BCUT2D eigenvalue weighted by Crippen LogP contribution is -2.64. The summed E-state index contributed by atoms with van der Waals surface area (Å²) in [6.07, 6.45) is 12.2. The monoisotopic (exact) mass is 848 g/mol. The molecule has 61 heavy (non-hydrogen) atoms. The van der Waals surface area contributed by atoms with Gasteiger partial charge in [0.25, 0.3) is 0 Å². The minimum absolute atomic E-state index is 0.00129. The van der Waals surface area contributed by atoms with E-state index < -0.39 is 5.97 Å². The van der Waals surface area contributed by atoms with Crippen molar-refractivity contribution in [1.29, 1.82) is 0 Å². The Bertz CT molecular complexity index is 2370. The van der Waals surface area contributed by atoms with Gasteiger partial charge in [-0.1, -0.05) is 26.0 Å². The Labute approximate surface area is 362 Å². The predicted molar refractivity (Wildman–Crippen MR) is 237 cm³/mol. The maximum atomic E-state index is 13.0. The Morgan fingerprint density at radius 2 is 1.66 bits per heavy atom. The molecule has 0 amide bonds. The first-order valence-electron chi connectivity index (χ1n) is 22.1. The lowest BCUT2D eigenvalue weighted by molar-refractivity contribution is -0.248. The number of carbonyl (C=O) groups is 1. The van der Waals surface area contributed by atoms with E-state index in [1.165, 1.54) is 6.42 Å². The zero-order valence-corrected chi connectivity index (χ0v) is 36.9. The van der Waals surface area contributed by atoms with E-state index in [0.717, 1.165) is 120 Å². The lowest BCUT2D eigenvalue weighted by atomic mass is 9.39. The second-order valence-electron chi connectivity index (χ2n) is 19.5. The van der Waals surface area contributed by atoms with E-state index in [0.29, 0.717) is 43.8 Å². The summed E-state index contributed by atoms with van der Waals surface area (Å²) in [5.74, 6) is 0.199. The number of aliphatic hydroxyl groups excluding tert-OH is 2. The van der Waals surface area contributed by atoms with Crippen molar-refractivity contribution in [2.75, 3.05) is 50.9 Å². The van der Waals surface area contributed by atoms with Gasteiger partial charge in [0.1, 0.15) is 5.82 Å². The van der Waals surface area contributed by atoms with E-state index in [4.69, 9.17) is 30.0 Å². The summed E-state index contributed by atoms with van der Waals surface area (Å²) in [5, 5.41) is 44.9. The summed E-state index contributed by atoms with van der Waals surface area (Å²) in [7, 11) is 0. The molecule has 4 bridgehead atoms. The van der Waals surface area contributed by atoms with E-state index in [2.05, 4.69) is 43.3 Å². The van der Waals surface area contributed by atoms with Crippen molar-refractivity contribution < 1.29 is 24.9 Å². The normalized spacial score (nSPS) is 25.5. The van der Waals surface area contributed by atoms with Gasteiger partial charge in [0.15, 0.2) is 11.5 Å². The first kappa shape index (κ1) is 42.0. The highest BCUT2D eigenvalue weighted by molar-refractivity contribution is 7.18. The van der Waals surface area contributed by atoms with Crippen LogP contribution in [0.5, 0.6) is 0 Å². The van der Waals surface area contributed by atoms with Crippen LogP contribution in [0.3, 0.4) is 0 Å². The molecule has 2 atom stereocenters. The Balaban J connectivity index is 0.945. The number of ether oxygens (including phenoxy) is 1. The third-order valence-electron chi connectivity index (χ3n) is 14.1. The van der Waals surface area contributed by atoms with Crippen molar-refractivity contribution in [2.24, 2.45) is 16.2 Å². The number of benzene rings is 1. The molecule has 4 saturated carbocycles. The number of nitrogens with zero attached hydrogens (tertiary/aromatic N) is 8. The third kappa shape index (κ3) is 8.22. The topological polar surface area (TPSA) is 163 Å². The van der Waals surface area contributed by atoms with Gasteiger partial charge in [0, 0.05) is 74.7 Å². The Morgan fingerprint density at radius 3 is 2.38 bits per heavy atom. The van der Waals surface area contributed by atoms with Crippen LogP contribution in [0.25, 0.3) is 21.3 Å². The minimum Gasteiger partial charge on any atom is -0.476 e. The number of rotatable bonds is 17. The molecule has 0 spiro atoms. The van der Waals surface area contributed by atoms with Gasteiger partial charge < -0.3 is 29.9 Å². The van der Waals surface area contributed by atoms with Crippen LogP contribution in [0, 0.1) is 30.1 Å². The molecule has 5 aliphatic rings. The summed E-state index contributed by atoms with van der Waals surface area (Å²) >= 11 is 1.68. The van der Waals surface area contributed by atoms with Crippen molar-refractivity contribution >= 4 is 39.2 Å². The number of para-hydroxylation sites is 1. The van der Waals surface area contributed by atoms with Gasteiger partial charge in [0.2, 0.25) is 0 Å². The van der Waals surface area contributed by atoms with E-state index in [1.807, 2.05) is 41.4 Å². The van der Waals surface area contributed by atoms with Crippen LogP contribution in [0.4, 0.5) is 11.6 Å². The summed E-state index contributed by atoms with van der Waals surface area (Å²) in [5.41, 5.74) is 6.55. The van der Waals surface area contributed by atoms with Gasteiger partial charge in [-0.15, -0.1) is 16.4 Å². The predicted octanol–water partition coefficient (Wildman–Crippen LogP) is 7.54. The second-order valence-corrected chi connectivity index (χ2v) is 20.6. The first-order chi connectivity index (χ1) is 29.3. The van der Waals surface area contributed by atoms with E-state index in [-0.39, 0.29) is 40.8 Å². The molecule has 4 aromatic heterocycles. The molecule has 4 aliphatic carbocycles. The molecule has 1 aliphatic heterocycles. The molecule has 0 radical (unpaired) electrons. The summed E-state index contributed by atoms with van der Waals surface area (Å²) in [4.78, 5) is 26.9. The molecule has 324 valence electrons. The average molecular weight is 849 g/mol. The fourth-order valence-electron chi connectivity index (χ4n) is 12.8. The van der Waals surface area contributed by atoms with Gasteiger partial charge in [0.05, 0.1) is 39.3 Å². The van der Waals surface area contributed by atoms with E-state index >= 15 is 0 Å². The SMILES string of the molecule is Cc1c(Cc2nc3ccccc3s2)nnc2c1CCCN2c1ccc(-c2cnn(CC34CC5(C)CC(C)(C3)CC(OCCN(CCCO)CCCO)(C5)C4)c2C)c(C(=O)O)n1. The van der Waals surface area contributed by atoms with E-state index in [9.17, 15) is 20.1 Å². The van der Waals surface area contributed by atoms with Crippen LogP contribution in [0.1, 0.15) is 110 Å². The Hall–Kier alpha value is -4.34. The number of aromatic carboxylic acids is 1. The quantitative estimate of drug-likeness (QED) is 0.0845. The molecule has 2 unspecified atom stereocenters. The fourth-order valence-corrected chi connectivity index (χ4v) is 13.8. The van der Waals surface area contributed by atoms with Gasteiger partial charge in [-0.05, 0) is 124 Å². The molecule has 0 saturated heterocycles. The van der Waals surface area contributed by atoms with Crippen molar-refractivity contribution in [3.05, 3.63) is 75.8 Å². The number of carboxylic acid groups (broad SMARTS) is 1. The lowest BCUT2D eigenvalue weighted by Gasteiger charge is -2.69.